The van der Waals surface area contributed by atoms with E-state index in [9.17, 15) is 19.3 Å². The molecule has 4 rings (SSSR count). The summed E-state index contributed by atoms with van der Waals surface area (Å²) >= 11 is 0. The van der Waals surface area contributed by atoms with E-state index in [2.05, 4.69) is 15.5 Å². The van der Waals surface area contributed by atoms with Crippen LogP contribution in [0.1, 0.15) is 10.4 Å². The molecule has 0 aliphatic carbocycles. The molecule has 1 N–H and O–H groups in total. The fraction of sp³-hybridized carbons (Fsp3) is 0. The zero-order valence-electron chi connectivity index (χ0n) is 15.3. The minimum absolute atomic E-state index is 0.0693. The minimum Gasteiger partial charge on any atom is -0.334 e. The molecule has 0 saturated carbocycles. The van der Waals surface area contributed by atoms with Gasteiger partial charge in [0, 0.05) is 11.6 Å². The van der Waals surface area contributed by atoms with E-state index in [1.807, 2.05) is 0 Å². The Kier molecular flexibility index (Phi) is 5.00. The maximum atomic E-state index is 13.1. The number of benzene rings is 3. The predicted octanol–water partition coefficient (Wildman–Crippen LogP) is 4.70. The monoisotopic (exact) mass is 404 g/mol. The van der Waals surface area contributed by atoms with Gasteiger partial charge in [0.2, 0.25) is 5.82 Å². The van der Waals surface area contributed by atoms with Gasteiger partial charge in [-0.25, -0.2) is 4.39 Å². The van der Waals surface area contributed by atoms with Crippen molar-refractivity contribution in [3.05, 3.63) is 94.3 Å². The third-order valence-corrected chi connectivity index (χ3v) is 4.28. The van der Waals surface area contributed by atoms with Gasteiger partial charge in [0.05, 0.1) is 16.1 Å². The van der Waals surface area contributed by atoms with Crippen LogP contribution in [0.15, 0.2) is 77.3 Å². The topological polar surface area (TPSA) is 111 Å². The van der Waals surface area contributed by atoms with Gasteiger partial charge >= 0.3 is 0 Å². The van der Waals surface area contributed by atoms with Crippen LogP contribution in [0, 0.1) is 15.9 Å². The number of carbonyl (C=O) groups excluding carboxylic acids is 1. The van der Waals surface area contributed by atoms with Crippen molar-refractivity contribution >= 4 is 17.3 Å². The first-order valence-electron chi connectivity index (χ1n) is 8.77. The van der Waals surface area contributed by atoms with E-state index in [-0.39, 0.29) is 34.5 Å². The van der Waals surface area contributed by atoms with Gasteiger partial charge in [-0.15, -0.1) is 0 Å². The summed E-state index contributed by atoms with van der Waals surface area (Å²) in [7, 11) is 0. The first kappa shape index (κ1) is 18.9. The highest BCUT2D eigenvalue weighted by atomic mass is 19.1. The van der Waals surface area contributed by atoms with Crippen molar-refractivity contribution in [1.29, 1.82) is 0 Å². The van der Waals surface area contributed by atoms with Crippen molar-refractivity contribution in [3.8, 4) is 22.8 Å². The standard InChI is InChI=1S/C21H13FN4O4/c22-14-11-9-13(10-12-14)19-24-21(30-25-19)16-6-2-1-5-15(16)20(27)23-17-7-3-4-8-18(17)26(28)29/h1-12H,(H,23,27). The van der Waals surface area contributed by atoms with Crippen LogP contribution in [0.5, 0.6) is 0 Å². The molecule has 0 spiro atoms. The lowest BCUT2D eigenvalue weighted by molar-refractivity contribution is -0.383. The van der Waals surface area contributed by atoms with Crippen molar-refractivity contribution in [1.82, 2.24) is 10.1 Å². The number of para-hydroxylation sites is 2. The van der Waals surface area contributed by atoms with E-state index >= 15 is 0 Å². The second-order valence-corrected chi connectivity index (χ2v) is 6.20. The number of amides is 1. The number of nitro benzene ring substituents is 1. The minimum atomic E-state index is -0.575. The summed E-state index contributed by atoms with van der Waals surface area (Å²) in [5.74, 6) is -0.637. The summed E-state index contributed by atoms with van der Waals surface area (Å²) in [5, 5.41) is 17.6. The molecule has 0 fully saturated rings. The van der Waals surface area contributed by atoms with Crippen LogP contribution in [0.2, 0.25) is 0 Å². The smallest absolute Gasteiger partial charge is 0.292 e. The lowest BCUT2D eigenvalue weighted by Crippen LogP contribution is -2.14. The molecule has 0 aliphatic heterocycles. The van der Waals surface area contributed by atoms with E-state index in [4.69, 9.17) is 4.52 Å². The van der Waals surface area contributed by atoms with Crippen molar-refractivity contribution in [2.45, 2.75) is 0 Å². The molecule has 148 valence electrons. The van der Waals surface area contributed by atoms with Gasteiger partial charge in [-0.05, 0) is 42.5 Å². The number of halogens is 1. The Balaban J connectivity index is 1.66. The molecule has 0 saturated heterocycles. The highest BCUT2D eigenvalue weighted by Gasteiger charge is 2.21. The Morgan fingerprint density at radius 3 is 2.47 bits per heavy atom. The Bertz CT molecular complexity index is 1240. The number of aromatic nitrogens is 2. The maximum absolute atomic E-state index is 13.1. The summed E-state index contributed by atoms with van der Waals surface area (Å²) in [6.45, 7) is 0. The first-order valence-corrected chi connectivity index (χ1v) is 8.77. The third kappa shape index (κ3) is 3.76. The molecule has 4 aromatic rings. The number of nitrogens with one attached hydrogen (secondary N) is 1. The molecule has 0 aliphatic rings. The van der Waals surface area contributed by atoms with Crippen LogP contribution in [-0.2, 0) is 0 Å². The molecule has 1 heterocycles. The van der Waals surface area contributed by atoms with Crippen molar-refractivity contribution < 1.29 is 18.6 Å². The molecule has 0 atom stereocenters. The Morgan fingerprint density at radius 2 is 1.70 bits per heavy atom. The van der Waals surface area contributed by atoms with Crippen molar-refractivity contribution in [2.24, 2.45) is 0 Å². The molecule has 1 aromatic heterocycles. The number of hydrogen-bond acceptors (Lipinski definition) is 6. The molecular formula is C21H13FN4O4. The van der Waals surface area contributed by atoms with Gasteiger partial charge in [-0.1, -0.05) is 29.4 Å². The van der Waals surface area contributed by atoms with Crippen LogP contribution in [0.4, 0.5) is 15.8 Å². The summed E-state index contributed by atoms with van der Waals surface area (Å²) < 4.78 is 18.4. The van der Waals surface area contributed by atoms with Gasteiger partial charge in [0.25, 0.3) is 17.5 Å². The molecule has 0 radical (unpaired) electrons. The number of nitrogens with zero attached hydrogens (tertiary/aromatic N) is 3. The molecule has 30 heavy (non-hydrogen) atoms. The van der Waals surface area contributed by atoms with Crippen LogP contribution in [-0.4, -0.2) is 21.0 Å². The zero-order chi connectivity index (χ0) is 21.1. The highest BCUT2D eigenvalue weighted by Crippen LogP contribution is 2.28. The van der Waals surface area contributed by atoms with Gasteiger partial charge < -0.3 is 9.84 Å². The largest absolute Gasteiger partial charge is 0.334 e. The van der Waals surface area contributed by atoms with E-state index < -0.39 is 10.8 Å². The van der Waals surface area contributed by atoms with Crippen LogP contribution >= 0.6 is 0 Å². The van der Waals surface area contributed by atoms with E-state index in [0.29, 0.717) is 11.1 Å². The summed E-state index contributed by atoms with van der Waals surface area (Å²) in [5.41, 5.74) is 0.951. The number of carbonyl (C=O) groups is 1. The Labute approximate surface area is 169 Å². The second-order valence-electron chi connectivity index (χ2n) is 6.20. The Hall–Kier alpha value is -4.40. The van der Waals surface area contributed by atoms with Crippen LogP contribution < -0.4 is 5.32 Å². The highest BCUT2D eigenvalue weighted by molar-refractivity contribution is 6.09. The number of nitro groups is 1. The molecular weight excluding hydrogens is 391 g/mol. The predicted molar refractivity (Wildman–Crippen MR) is 106 cm³/mol. The quantitative estimate of drug-likeness (QED) is 0.381. The molecule has 3 aromatic carbocycles. The van der Waals surface area contributed by atoms with E-state index in [1.54, 1.807) is 30.3 Å². The van der Waals surface area contributed by atoms with Crippen LogP contribution in [0.25, 0.3) is 22.8 Å². The maximum Gasteiger partial charge on any atom is 0.292 e. The number of anilines is 1. The fourth-order valence-corrected chi connectivity index (χ4v) is 2.84. The SMILES string of the molecule is O=C(Nc1ccccc1[N+](=O)[O-])c1ccccc1-c1nc(-c2ccc(F)cc2)no1. The molecule has 0 bridgehead atoms. The fourth-order valence-electron chi connectivity index (χ4n) is 2.84. The molecule has 1 amide bonds. The lowest BCUT2D eigenvalue weighted by Gasteiger charge is -2.08. The molecule has 8 nitrogen and oxygen atoms in total. The summed E-state index contributed by atoms with van der Waals surface area (Å²) in [6, 6.07) is 17.9. The van der Waals surface area contributed by atoms with Gasteiger partial charge in [-0.3, -0.25) is 14.9 Å². The second kappa shape index (κ2) is 7.92. The third-order valence-electron chi connectivity index (χ3n) is 4.28. The van der Waals surface area contributed by atoms with Crippen molar-refractivity contribution in [3.63, 3.8) is 0 Å². The first-order chi connectivity index (χ1) is 14.5. The van der Waals surface area contributed by atoms with Gasteiger partial charge in [0.1, 0.15) is 11.5 Å². The molecule has 9 heteroatoms. The summed E-state index contributed by atoms with van der Waals surface area (Å²) in [4.78, 5) is 27.7. The van der Waals surface area contributed by atoms with Gasteiger partial charge in [-0.2, -0.15) is 4.98 Å². The van der Waals surface area contributed by atoms with E-state index in [0.717, 1.165) is 0 Å². The number of rotatable bonds is 5. The van der Waals surface area contributed by atoms with Crippen LogP contribution in [0.3, 0.4) is 0 Å². The van der Waals surface area contributed by atoms with Gasteiger partial charge in [0.15, 0.2) is 0 Å². The van der Waals surface area contributed by atoms with Crippen molar-refractivity contribution in [2.75, 3.05) is 5.32 Å². The van der Waals surface area contributed by atoms with E-state index in [1.165, 1.54) is 42.5 Å². The number of hydrogen-bond donors (Lipinski definition) is 1. The zero-order valence-corrected chi connectivity index (χ0v) is 15.3. The Morgan fingerprint density at radius 1 is 1.00 bits per heavy atom. The average molecular weight is 404 g/mol. The lowest BCUT2D eigenvalue weighted by atomic mass is 10.1. The molecule has 0 unspecified atom stereocenters. The average Bonchev–Trinajstić information content (AvgIpc) is 3.24. The summed E-state index contributed by atoms with van der Waals surface area (Å²) in [6.07, 6.45) is 0. The normalized spacial score (nSPS) is 10.6.